The molecule has 9 aromatic rings. The van der Waals surface area contributed by atoms with Crippen molar-refractivity contribution < 1.29 is 0 Å². The predicted molar refractivity (Wildman–Crippen MR) is 269 cm³/mol. The Morgan fingerprint density at radius 3 is 1.22 bits per heavy atom. The van der Waals surface area contributed by atoms with Crippen molar-refractivity contribution >= 4 is 28.4 Å². The molecular formula is C62H48N2. The molecule has 2 aliphatic rings. The van der Waals surface area contributed by atoms with Crippen molar-refractivity contribution in [2.75, 3.05) is 9.80 Å². The van der Waals surface area contributed by atoms with E-state index in [1.165, 1.54) is 61.3 Å². The van der Waals surface area contributed by atoms with Gasteiger partial charge in [0.15, 0.2) is 0 Å². The number of rotatable bonds is 10. The maximum Gasteiger partial charge on any atom is 0.0710 e. The summed E-state index contributed by atoms with van der Waals surface area (Å²) >= 11 is 0. The van der Waals surface area contributed by atoms with Crippen LogP contribution in [0.5, 0.6) is 0 Å². The quantitative estimate of drug-likeness (QED) is 0.136. The van der Waals surface area contributed by atoms with Crippen molar-refractivity contribution in [1.82, 2.24) is 0 Å². The third-order valence-corrected chi connectivity index (χ3v) is 13.3. The number of hydrogen-bond donors (Lipinski definition) is 0. The molecule has 0 amide bonds. The minimum atomic E-state index is -0.520. The summed E-state index contributed by atoms with van der Waals surface area (Å²) in [6.45, 7) is 2.37. The highest BCUT2D eigenvalue weighted by Crippen LogP contribution is 2.58. The lowest BCUT2D eigenvalue weighted by molar-refractivity contribution is 0.560. The second-order valence-corrected chi connectivity index (χ2v) is 17.1. The van der Waals surface area contributed by atoms with E-state index in [2.05, 4.69) is 278 Å². The van der Waals surface area contributed by atoms with Gasteiger partial charge in [-0.1, -0.05) is 200 Å². The van der Waals surface area contributed by atoms with E-state index < -0.39 is 5.41 Å². The van der Waals surface area contributed by atoms with E-state index in [4.69, 9.17) is 0 Å². The standard InChI is InChI=1S/C62H48N2/c1-61(64(55-24-12-5-13-25-55)56-38-32-49(33-39-56)47-20-8-3-9-21-47)44-42-51(43-45-61)62(59-28-16-14-26-57(59)58-27-15-17-29-60(58)62)50-34-40-54(41-35-50)63(52-22-10-4-11-23-52)53-36-30-48(31-37-53)46-18-6-2-7-19-46/h2-44H,45H2,1H3. The van der Waals surface area contributed by atoms with Gasteiger partial charge < -0.3 is 9.80 Å². The van der Waals surface area contributed by atoms with E-state index in [1.54, 1.807) is 0 Å². The van der Waals surface area contributed by atoms with Crippen molar-refractivity contribution in [1.29, 1.82) is 0 Å². The first-order valence-electron chi connectivity index (χ1n) is 22.3. The highest BCUT2D eigenvalue weighted by Gasteiger charge is 2.48. The van der Waals surface area contributed by atoms with Gasteiger partial charge in [-0.05, 0) is 130 Å². The lowest BCUT2D eigenvalue weighted by Crippen LogP contribution is -2.43. The largest absolute Gasteiger partial charge is 0.332 e. The number of para-hydroxylation sites is 2. The third-order valence-electron chi connectivity index (χ3n) is 13.3. The number of anilines is 5. The molecule has 0 saturated carbocycles. The molecule has 2 heteroatoms. The molecule has 0 aliphatic heterocycles. The summed E-state index contributed by atoms with van der Waals surface area (Å²) in [6, 6.07) is 88.1. The second-order valence-electron chi connectivity index (χ2n) is 17.1. The highest BCUT2D eigenvalue weighted by atomic mass is 15.2. The van der Waals surface area contributed by atoms with Crippen LogP contribution in [0.4, 0.5) is 28.4 Å². The van der Waals surface area contributed by atoms with E-state index in [1.807, 2.05) is 0 Å². The summed E-state index contributed by atoms with van der Waals surface area (Å²) in [5.74, 6) is 0. The number of hydrogen-bond acceptors (Lipinski definition) is 2. The Morgan fingerprint density at radius 2 is 0.734 bits per heavy atom. The van der Waals surface area contributed by atoms with Crippen LogP contribution in [-0.4, -0.2) is 5.54 Å². The Kier molecular flexibility index (Phi) is 9.98. The molecule has 0 heterocycles. The Bertz CT molecular complexity index is 3050. The molecule has 0 aromatic heterocycles. The van der Waals surface area contributed by atoms with Crippen LogP contribution in [0.15, 0.2) is 266 Å². The number of benzene rings is 9. The topological polar surface area (TPSA) is 6.48 Å². The molecule has 0 N–H and O–H groups in total. The average Bonchev–Trinajstić information content (AvgIpc) is 3.67. The van der Waals surface area contributed by atoms with Crippen LogP contribution in [0.2, 0.25) is 0 Å². The highest BCUT2D eigenvalue weighted by molar-refractivity contribution is 5.88. The molecular weight excluding hydrogens is 773 g/mol. The summed E-state index contributed by atoms with van der Waals surface area (Å²) < 4.78 is 0. The van der Waals surface area contributed by atoms with Gasteiger partial charge in [-0.25, -0.2) is 0 Å². The molecule has 0 fully saturated rings. The van der Waals surface area contributed by atoms with Crippen molar-refractivity contribution in [2.45, 2.75) is 24.3 Å². The van der Waals surface area contributed by atoms with Gasteiger partial charge in [-0.15, -0.1) is 0 Å². The van der Waals surface area contributed by atoms with Crippen LogP contribution in [0.25, 0.3) is 33.4 Å². The van der Waals surface area contributed by atoms with E-state index in [0.717, 1.165) is 29.2 Å². The molecule has 11 rings (SSSR count). The molecule has 2 nitrogen and oxygen atoms in total. The first kappa shape index (κ1) is 38.9. The Hall–Kier alpha value is -7.94. The van der Waals surface area contributed by atoms with E-state index in [0.29, 0.717) is 0 Å². The molecule has 0 radical (unpaired) electrons. The first-order valence-corrected chi connectivity index (χ1v) is 22.3. The number of allylic oxidation sites excluding steroid dienone is 2. The van der Waals surface area contributed by atoms with Gasteiger partial charge >= 0.3 is 0 Å². The van der Waals surface area contributed by atoms with Gasteiger partial charge in [-0.2, -0.15) is 0 Å². The molecule has 0 bridgehead atoms. The fourth-order valence-corrected chi connectivity index (χ4v) is 10.3. The van der Waals surface area contributed by atoms with Crippen LogP contribution in [0.1, 0.15) is 30.0 Å². The van der Waals surface area contributed by atoms with Gasteiger partial charge in [0.1, 0.15) is 0 Å². The lowest BCUT2D eigenvalue weighted by atomic mass is 9.65. The van der Waals surface area contributed by atoms with Crippen molar-refractivity contribution in [3.8, 4) is 33.4 Å². The van der Waals surface area contributed by atoms with Crippen LogP contribution in [0.3, 0.4) is 0 Å². The zero-order chi connectivity index (χ0) is 42.9. The minimum Gasteiger partial charge on any atom is -0.332 e. The fourth-order valence-electron chi connectivity index (χ4n) is 10.3. The summed E-state index contributed by atoms with van der Waals surface area (Å²) in [4.78, 5) is 4.87. The second kappa shape index (κ2) is 16.4. The SMILES string of the molecule is CC1(N(c2ccccc2)c2ccc(-c3ccccc3)cc2)C=CC(C2(c3ccc(N(c4ccccc4)c4ccc(-c5ccccc5)cc4)cc3)c3ccccc3-c3ccccc32)=CC1. The zero-order valence-corrected chi connectivity index (χ0v) is 35.9. The average molecular weight is 821 g/mol. The van der Waals surface area contributed by atoms with E-state index >= 15 is 0 Å². The van der Waals surface area contributed by atoms with Gasteiger partial charge in [0.05, 0.1) is 11.0 Å². The molecule has 306 valence electrons. The lowest BCUT2D eigenvalue weighted by Gasteiger charge is -2.44. The molecule has 1 atom stereocenters. The molecule has 64 heavy (non-hydrogen) atoms. The van der Waals surface area contributed by atoms with Crippen LogP contribution >= 0.6 is 0 Å². The molecule has 2 aliphatic carbocycles. The Labute approximate surface area is 377 Å². The summed E-state index contributed by atoms with van der Waals surface area (Å²) in [6.07, 6.45) is 8.22. The maximum absolute atomic E-state index is 2.52. The van der Waals surface area contributed by atoms with Gasteiger partial charge in [0.25, 0.3) is 0 Å². The van der Waals surface area contributed by atoms with Gasteiger partial charge in [0, 0.05) is 28.4 Å². The Balaban J connectivity index is 1.01. The smallest absolute Gasteiger partial charge is 0.0710 e. The minimum absolute atomic E-state index is 0.339. The van der Waals surface area contributed by atoms with Crippen molar-refractivity contribution in [3.05, 3.63) is 283 Å². The maximum atomic E-state index is 2.52. The number of nitrogens with zero attached hydrogens (tertiary/aromatic N) is 2. The molecule has 1 unspecified atom stereocenters. The predicted octanol–water partition coefficient (Wildman–Crippen LogP) is 16.3. The zero-order valence-electron chi connectivity index (χ0n) is 35.9. The van der Waals surface area contributed by atoms with Crippen molar-refractivity contribution in [3.63, 3.8) is 0 Å². The van der Waals surface area contributed by atoms with Crippen LogP contribution < -0.4 is 9.80 Å². The molecule has 0 saturated heterocycles. The normalized spacial score (nSPS) is 15.7. The summed E-state index contributed by atoms with van der Waals surface area (Å²) in [5.41, 5.74) is 17.4. The Morgan fingerprint density at radius 1 is 0.359 bits per heavy atom. The summed E-state index contributed by atoms with van der Waals surface area (Å²) in [5, 5.41) is 0. The van der Waals surface area contributed by atoms with Crippen molar-refractivity contribution in [2.24, 2.45) is 0 Å². The number of fused-ring (bicyclic) bond motifs is 3. The monoisotopic (exact) mass is 820 g/mol. The van der Waals surface area contributed by atoms with E-state index in [-0.39, 0.29) is 5.54 Å². The molecule has 9 aromatic carbocycles. The first-order chi connectivity index (χ1) is 31.6. The summed E-state index contributed by atoms with van der Waals surface area (Å²) in [7, 11) is 0. The fraction of sp³-hybridized carbons (Fsp3) is 0.0645. The third kappa shape index (κ3) is 6.76. The van der Waals surface area contributed by atoms with E-state index in [9.17, 15) is 0 Å². The van der Waals surface area contributed by atoms with Gasteiger partial charge in [-0.3, -0.25) is 0 Å². The van der Waals surface area contributed by atoms with Crippen LogP contribution in [-0.2, 0) is 5.41 Å². The molecule has 0 spiro atoms. The van der Waals surface area contributed by atoms with Crippen LogP contribution in [0, 0.1) is 0 Å². The van der Waals surface area contributed by atoms with Gasteiger partial charge in [0.2, 0.25) is 0 Å².